The molecule has 2 aliphatic rings. The minimum atomic E-state index is 0. The highest BCUT2D eigenvalue weighted by molar-refractivity contribution is 14.0. The second-order valence-corrected chi connectivity index (χ2v) is 7.66. The Morgan fingerprint density at radius 3 is 2.64 bits per heavy atom. The molecule has 160 valence electrons. The van der Waals surface area contributed by atoms with Crippen LogP contribution in [0.1, 0.15) is 45.4 Å². The van der Waals surface area contributed by atoms with Crippen LogP contribution in [0.4, 0.5) is 0 Å². The van der Waals surface area contributed by atoms with E-state index in [1.165, 1.54) is 32.1 Å². The number of aryl methyl sites for hydroxylation is 1. The molecule has 2 heterocycles. The molecule has 1 saturated carbocycles. The Kier molecular flexibility index (Phi) is 10.6. The van der Waals surface area contributed by atoms with Crippen molar-refractivity contribution in [2.75, 3.05) is 45.9 Å². The number of guanidine groups is 1. The molecular formula is C20H37IN6O. The zero-order valence-electron chi connectivity index (χ0n) is 17.2. The summed E-state index contributed by atoms with van der Waals surface area (Å²) < 4.78 is 7.70. The molecular weight excluding hydrogens is 467 g/mol. The fourth-order valence-corrected chi connectivity index (χ4v) is 4.28. The van der Waals surface area contributed by atoms with Gasteiger partial charge < -0.3 is 19.9 Å². The fraction of sp³-hybridized carbons (Fsp3) is 0.800. The van der Waals surface area contributed by atoms with Crippen LogP contribution >= 0.6 is 24.0 Å². The van der Waals surface area contributed by atoms with Crippen molar-refractivity contribution in [2.45, 2.75) is 57.5 Å². The van der Waals surface area contributed by atoms with E-state index in [0.29, 0.717) is 0 Å². The molecule has 1 saturated heterocycles. The number of ether oxygens (including phenoxy) is 1. The standard InChI is InChI=1S/C20H36N6O.HI/c1-2-22-19(23-9-6-11-25-12-10-21-18-25)24-17-20(7-4-3-5-8-20)26-13-15-27-16-14-26;/h10,12,18H,2-9,11,13-17H2,1H3,(H2,22,23,24);1H. The summed E-state index contributed by atoms with van der Waals surface area (Å²) in [6.45, 7) is 9.59. The van der Waals surface area contributed by atoms with Crippen molar-refractivity contribution in [1.82, 2.24) is 25.1 Å². The van der Waals surface area contributed by atoms with Crippen molar-refractivity contribution in [1.29, 1.82) is 0 Å². The number of imidazole rings is 1. The first kappa shape index (κ1) is 23.4. The van der Waals surface area contributed by atoms with E-state index in [2.05, 4.69) is 32.0 Å². The monoisotopic (exact) mass is 504 g/mol. The molecule has 0 amide bonds. The molecule has 1 aromatic heterocycles. The van der Waals surface area contributed by atoms with Gasteiger partial charge in [0.2, 0.25) is 0 Å². The van der Waals surface area contributed by atoms with Crippen molar-refractivity contribution in [3.8, 4) is 0 Å². The van der Waals surface area contributed by atoms with Crippen LogP contribution in [0.5, 0.6) is 0 Å². The number of morpholine rings is 1. The molecule has 0 radical (unpaired) electrons. The van der Waals surface area contributed by atoms with Crippen LogP contribution in [0.2, 0.25) is 0 Å². The second kappa shape index (κ2) is 12.6. The Hall–Kier alpha value is -0.870. The number of nitrogens with one attached hydrogen (secondary N) is 2. The van der Waals surface area contributed by atoms with Gasteiger partial charge in [0.05, 0.1) is 26.1 Å². The van der Waals surface area contributed by atoms with Crippen molar-refractivity contribution in [3.63, 3.8) is 0 Å². The predicted molar refractivity (Wildman–Crippen MR) is 124 cm³/mol. The van der Waals surface area contributed by atoms with Crippen LogP contribution in [0, 0.1) is 0 Å². The van der Waals surface area contributed by atoms with Gasteiger partial charge in [0.25, 0.3) is 0 Å². The van der Waals surface area contributed by atoms with Gasteiger partial charge in [-0.1, -0.05) is 19.3 Å². The Balaban J connectivity index is 0.00000280. The minimum Gasteiger partial charge on any atom is -0.379 e. The van der Waals surface area contributed by atoms with Crippen LogP contribution in [0.25, 0.3) is 0 Å². The van der Waals surface area contributed by atoms with Gasteiger partial charge in [0.1, 0.15) is 0 Å². The van der Waals surface area contributed by atoms with Gasteiger partial charge in [0.15, 0.2) is 5.96 Å². The summed E-state index contributed by atoms with van der Waals surface area (Å²) in [6.07, 6.45) is 13.3. The van der Waals surface area contributed by atoms with E-state index < -0.39 is 0 Å². The summed E-state index contributed by atoms with van der Waals surface area (Å²) in [4.78, 5) is 11.8. The number of rotatable bonds is 8. The molecule has 7 nitrogen and oxygen atoms in total. The maximum absolute atomic E-state index is 5.59. The van der Waals surface area contributed by atoms with Crippen LogP contribution in [0.3, 0.4) is 0 Å². The summed E-state index contributed by atoms with van der Waals surface area (Å²) in [7, 11) is 0. The zero-order chi connectivity index (χ0) is 18.8. The third kappa shape index (κ3) is 6.88. The lowest BCUT2D eigenvalue weighted by molar-refractivity contribution is -0.0333. The number of nitrogens with zero attached hydrogens (tertiary/aromatic N) is 4. The average Bonchev–Trinajstić information content (AvgIpc) is 3.24. The number of aliphatic imine (C=N–C) groups is 1. The molecule has 2 fully saturated rings. The first-order valence-corrected chi connectivity index (χ1v) is 10.6. The normalized spacial score (nSPS) is 20.4. The Bertz CT molecular complexity index is 553. The molecule has 2 N–H and O–H groups in total. The van der Waals surface area contributed by atoms with Gasteiger partial charge >= 0.3 is 0 Å². The van der Waals surface area contributed by atoms with E-state index in [0.717, 1.165) is 64.9 Å². The average molecular weight is 504 g/mol. The molecule has 8 heteroatoms. The highest BCUT2D eigenvalue weighted by Gasteiger charge is 2.38. The molecule has 1 aromatic rings. The first-order valence-electron chi connectivity index (χ1n) is 10.6. The molecule has 1 aliphatic carbocycles. The lowest BCUT2D eigenvalue weighted by Crippen LogP contribution is -2.56. The second-order valence-electron chi connectivity index (χ2n) is 7.66. The van der Waals surface area contributed by atoms with Crippen molar-refractivity contribution in [3.05, 3.63) is 18.7 Å². The van der Waals surface area contributed by atoms with E-state index in [4.69, 9.17) is 9.73 Å². The SMILES string of the molecule is CCNC(=NCC1(N2CCOCC2)CCCCC1)NCCCn1ccnc1.I. The highest BCUT2D eigenvalue weighted by atomic mass is 127. The van der Waals surface area contributed by atoms with E-state index in [-0.39, 0.29) is 29.5 Å². The summed E-state index contributed by atoms with van der Waals surface area (Å²) in [5.41, 5.74) is 0.223. The lowest BCUT2D eigenvalue weighted by Gasteiger charge is -2.47. The molecule has 0 bridgehead atoms. The van der Waals surface area contributed by atoms with Crippen molar-refractivity contribution < 1.29 is 4.74 Å². The predicted octanol–water partition coefficient (Wildman–Crippen LogP) is 2.48. The van der Waals surface area contributed by atoms with E-state index in [9.17, 15) is 0 Å². The number of hydrogen-bond acceptors (Lipinski definition) is 4. The smallest absolute Gasteiger partial charge is 0.191 e. The third-order valence-corrected chi connectivity index (χ3v) is 5.79. The van der Waals surface area contributed by atoms with Gasteiger partial charge in [-0.25, -0.2) is 4.98 Å². The largest absolute Gasteiger partial charge is 0.379 e. The summed E-state index contributed by atoms with van der Waals surface area (Å²) in [5, 5.41) is 6.92. The molecule has 0 spiro atoms. The maximum atomic E-state index is 5.59. The Morgan fingerprint density at radius 1 is 1.18 bits per heavy atom. The van der Waals surface area contributed by atoms with E-state index in [1.54, 1.807) is 0 Å². The van der Waals surface area contributed by atoms with Gasteiger partial charge in [-0.3, -0.25) is 9.89 Å². The van der Waals surface area contributed by atoms with Gasteiger partial charge in [-0.2, -0.15) is 0 Å². The van der Waals surface area contributed by atoms with Crippen LogP contribution in [0.15, 0.2) is 23.7 Å². The summed E-state index contributed by atoms with van der Waals surface area (Å²) in [5.74, 6) is 0.946. The zero-order valence-corrected chi connectivity index (χ0v) is 19.6. The Morgan fingerprint density at radius 2 is 1.96 bits per heavy atom. The molecule has 0 aromatic carbocycles. The van der Waals surface area contributed by atoms with Crippen LogP contribution < -0.4 is 10.6 Å². The topological polar surface area (TPSA) is 66.7 Å². The maximum Gasteiger partial charge on any atom is 0.191 e. The van der Waals surface area contributed by atoms with Gasteiger partial charge in [-0.15, -0.1) is 24.0 Å². The first-order chi connectivity index (χ1) is 13.3. The summed E-state index contributed by atoms with van der Waals surface area (Å²) in [6, 6.07) is 0. The highest BCUT2D eigenvalue weighted by Crippen LogP contribution is 2.34. The van der Waals surface area contributed by atoms with Crippen molar-refractivity contribution >= 4 is 29.9 Å². The summed E-state index contributed by atoms with van der Waals surface area (Å²) >= 11 is 0. The molecule has 0 atom stereocenters. The van der Waals surface area contributed by atoms with Crippen LogP contribution in [-0.2, 0) is 11.3 Å². The van der Waals surface area contributed by atoms with E-state index >= 15 is 0 Å². The van der Waals surface area contributed by atoms with Crippen molar-refractivity contribution in [2.24, 2.45) is 4.99 Å². The van der Waals surface area contributed by atoms with Gasteiger partial charge in [0, 0.05) is 50.7 Å². The molecule has 1 aliphatic heterocycles. The quantitative estimate of drug-likeness (QED) is 0.247. The minimum absolute atomic E-state index is 0. The number of hydrogen-bond donors (Lipinski definition) is 2. The molecule has 3 rings (SSSR count). The van der Waals surface area contributed by atoms with Gasteiger partial charge in [-0.05, 0) is 26.2 Å². The van der Waals surface area contributed by atoms with E-state index in [1.807, 2.05) is 18.7 Å². The molecule has 0 unspecified atom stereocenters. The number of aromatic nitrogens is 2. The fourth-order valence-electron chi connectivity index (χ4n) is 4.28. The van der Waals surface area contributed by atoms with Crippen LogP contribution in [-0.4, -0.2) is 71.9 Å². The molecule has 28 heavy (non-hydrogen) atoms. The Labute approximate surface area is 186 Å². The lowest BCUT2D eigenvalue weighted by atomic mass is 9.80. The number of halogens is 1. The third-order valence-electron chi connectivity index (χ3n) is 5.79.